The zero-order valence-electron chi connectivity index (χ0n) is 10.8. The highest BCUT2D eigenvalue weighted by molar-refractivity contribution is 6.52. The number of ketones is 2. The molecule has 2 aromatic rings. The number of carbonyl (C=O) groups is 2. The van der Waals surface area contributed by atoms with Crippen LogP contribution in [-0.2, 0) is 11.2 Å². The molecule has 0 saturated carbocycles. The molecule has 20 heavy (non-hydrogen) atoms. The first-order valence-corrected chi connectivity index (χ1v) is 6.24. The second kappa shape index (κ2) is 4.49. The summed E-state index contributed by atoms with van der Waals surface area (Å²) < 4.78 is 5.40. The lowest BCUT2D eigenvalue weighted by Crippen LogP contribution is -2.25. The SMILES string of the molecule is Cc1ccc(CC2=C(O)c3ccccc3C(=O)C2=O)o1. The molecule has 0 fully saturated rings. The van der Waals surface area contributed by atoms with Crippen LogP contribution in [0.25, 0.3) is 5.76 Å². The van der Waals surface area contributed by atoms with Crippen LogP contribution in [0.4, 0.5) is 0 Å². The number of benzene rings is 1. The van der Waals surface area contributed by atoms with E-state index >= 15 is 0 Å². The average molecular weight is 268 g/mol. The van der Waals surface area contributed by atoms with Gasteiger partial charge in [-0.2, -0.15) is 0 Å². The first-order valence-electron chi connectivity index (χ1n) is 6.24. The number of rotatable bonds is 2. The van der Waals surface area contributed by atoms with Gasteiger partial charge < -0.3 is 9.52 Å². The summed E-state index contributed by atoms with van der Waals surface area (Å²) in [7, 11) is 0. The number of hydrogen-bond donors (Lipinski definition) is 1. The monoisotopic (exact) mass is 268 g/mol. The van der Waals surface area contributed by atoms with Gasteiger partial charge in [0.15, 0.2) is 0 Å². The topological polar surface area (TPSA) is 67.5 Å². The van der Waals surface area contributed by atoms with Crippen LogP contribution in [0.3, 0.4) is 0 Å². The second-order valence-corrected chi connectivity index (χ2v) is 4.72. The predicted octanol–water partition coefficient (Wildman–Crippen LogP) is 2.87. The molecule has 0 aliphatic heterocycles. The van der Waals surface area contributed by atoms with E-state index in [1.165, 1.54) is 0 Å². The smallest absolute Gasteiger partial charge is 0.234 e. The highest BCUT2D eigenvalue weighted by Gasteiger charge is 2.32. The van der Waals surface area contributed by atoms with Gasteiger partial charge in [-0.3, -0.25) is 9.59 Å². The first-order chi connectivity index (χ1) is 9.58. The van der Waals surface area contributed by atoms with E-state index in [2.05, 4.69) is 0 Å². The third kappa shape index (κ3) is 1.86. The number of furan rings is 1. The zero-order valence-corrected chi connectivity index (χ0v) is 10.8. The molecule has 1 N–H and O–H groups in total. The van der Waals surface area contributed by atoms with E-state index in [4.69, 9.17) is 4.42 Å². The average Bonchev–Trinajstić information content (AvgIpc) is 2.86. The van der Waals surface area contributed by atoms with Crippen LogP contribution in [0.15, 0.2) is 46.4 Å². The van der Waals surface area contributed by atoms with E-state index < -0.39 is 11.6 Å². The van der Waals surface area contributed by atoms with Crippen molar-refractivity contribution in [2.24, 2.45) is 0 Å². The van der Waals surface area contributed by atoms with Crippen molar-refractivity contribution in [3.63, 3.8) is 0 Å². The molecule has 4 heteroatoms. The molecule has 3 rings (SSSR count). The molecular formula is C16H12O4. The fourth-order valence-corrected chi connectivity index (χ4v) is 2.34. The molecule has 0 saturated heterocycles. The Morgan fingerprint density at radius 2 is 1.70 bits per heavy atom. The van der Waals surface area contributed by atoms with Crippen molar-refractivity contribution in [3.8, 4) is 0 Å². The number of hydrogen-bond acceptors (Lipinski definition) is 4. The van der Waals surface area contributed by atoms with Gasteiger partial charge in [-0.1, -0.05) is 24.3 Å². The number of allylic oxidation sites excluding steroid dienone is 1. The molecule has 0 amide bonds. The minimum absolute atomic E-state index is 0.0862. The number of fused-ring (bicyclic) bond motifs is 1. The Morgan fingerprint density at radius 1 is 1.00 bits per heavy atom. The highest BCUT2D eigenvalue weighted by atomic mass is 16.3. The minimum atomic E-state index is -0.671. The number of aliphatic hydroxyl groups excluding tert-OH is 1. The van der Waals surface area contributed by atoms with E-state index in [1.54, 1.807) is 43.3 Å². The van der Waals surface area contributed by atoms with Crippen molar-refractivity contribution in [1.82, 2.24) is 0 Å². The maximum atomic E-state index is 12.1. The van der Waals surface area contributed by atoms with Crippen LogP contribution in [0, 0.1) is 6.92 Å². The van der Waals surface area contributed by atoms with Gasteiger partial charge in [-0.15, -0.1) is 0 Å². The Kier molecular flexibility index (Phi) is 2.79. The largest absolute Gasteiger partial charge is 0.507 e. The Morgan fingerprint density at radius 3 is 2.35 bits per heavy atom. The van der Waals surface area contributed by atoms with Crippen molar-refractivity contribution >= 4 is 17.3 Å². The zero-order chi connectivity index (χ0) is 14.3. The molecule has 100 valence electrons. The third-order valence-electron chi connectivity index (χ3n) is 3.34. The van der Waals surface area contributed by atoms with Gasteiger partial charge in [-0.25, -0.2) is 0 Å². The summed E-state index contributed by atoms with van der Waals surface area (Å²) in [6, 6.07) is 10.1. The third-order valence-corrected chi connectivity index (χ3v) is 3.34. The van der Waals surface area contributed by atoms with Crippen LogP contribution >= 0.6 is 0 Å². The van der Waals surface area contributed by atoms with Gasteiger partial charge in [0.1, 0.15) is 17.3 Å². The summed E-state index contributed by atoms with van der Waals surface area (Å²) in [6.45, 7) is 1.79. The van der Waals surface area contributed by atoms with Crippen molar-refractivity contribution in [2.45, 2.75) is 13.3 Å². The van der Waals surface area contributed by atoms with E-state index in [0.717, 1.165) is 5.76 Å². The summed E-state index contributed by atoms with van der Waals surface area (Å²) in [5, 5.41) is 10.2. The van der Waals surface area contributed by atoms with Crippen LogP contribution in [-0.4, -0.2) is 16.7 Å². The van der Waals surface area contributed by atoms with E-state index in [1.807, 2.05) is 0 Å². The predicted molar refractivity (Wildman–Crippen MR) is 72.5 cm³/mol. The summed E-state index contributed by atoms with van der Waals surface area (Å²) in [4.78, 5) is 24.1. The molecule has 0 atom stereocenters. The molecule has 1 aliphatic rings. The van der Waals surface area contributed by atoms with Crippen LogP contribution in [0.2, 0.25) is 0 Å². The van der Waals surface area contributed by atoms with Crippen molar-refractivity contribution in [2.75, 3.05) is 0 Å². The molecular weight excluding hydrogens is 256 g/mol. The van der Waals surface area contributed by atoms with Crippen LogP contribution in [0.1, 0.15) is 27.4 Å². The molecule has 4 nitrogen and oxygen atoms in total. The molecule has 0 unspecified atom stereocenters. The molecule has 1 aliphatic carbocycles. The summed E-state index contributed by atoms with van der Waals surface area (Å²) >= 11 is 0. The van der Waals surface area contributed by atoms with Gasteiger partial charge in [0.25, 0.3) is 0 Å². The summed E-state index contributed by atoms with van der Waals surface area (Å²) in [6.07, 6.45) is 0.110. The number of aryl methyl sites for hydroxylation is 1. The maximum absolute atomic E-state index is 12.1. The summed E-state index contributed by atoms with van der Waals surface area (Å²) in [5.74, 6) is -0.133. The fourth-order valence-electron chi connectivity index (χ4n) is 2.34. The summed E-state index contributed by atoms with van der Waals surface area (Å²) in [5.41, 5.74) is 0.729. The van der Waals surface area contributed by atoms with Crippen molar-refractivity contribution in [1.29, 1.82) is 0 Å². The molecule has 1 aromatic heterocycles. The maximum Gasteiger partial charge on any atom is 0.234 e. The molecule has 0 bridgehead atoms. The molecule has 0 radical (unpaired) electrons. The Hall–Kier alpha value is -2.62. The molecule has 0 spiro atoms. The van der Waals surface area contributed by atoms with Crippen molar-refractivity contribution < 1.29 is 19.1 Å². The quantitative estimate of drug-likeness (QED) is 0.850. The lowest BCUT2D eigenvalue weighted by molar-refractivity contribution is -0.112. The van der Waals surface area contributed by atoms with Gasteiger partial charge in [0.05, 0.1) is 5.57 Å². The second-order valence-electron chi connectivity index (χ2n) is 4.72. The number of Topliss-reactive ketones (excluding diaryl/α,β-unsaturated/α-hetero) is 2. The number of carbonyl (C=O) groups excluding carboxylic acids is 2. The molecule has 1 aromatic carbocycles. The van der Waals surface area contributed by atoms with Gasteiger partial charge in [-0.05, 0) is 19.1 Å². The first kappa shape index (κ1) is 12.4. The van der Waals surface area contributed by atoms with Gasteiger partial charge >= 0.3 is 0 Å². The van der Waals surface area contributed by atoms with Gasteiger partial charge in [0, 0.05) is 17.5 Å². The van der Waals surface area contributed by atoms with E-state index in [9.17, 15) is 14.7 Å². The number of aliphatic hydroxyl groups is 1. The van der Waals surface area contributed by atoms with E-state index in [0.29, 0.717) is 11.3 Å². The Balaban J connectivity index is 2.09. The van der Waals surface area contributed by atoms with Gasteiger partial charge in [0.2, 0.25) is 11.6 Å². The molecule has 1 heterocycles. The minimum Gasteiger partial charge on any atom is -0.507 e. The van der Waals surface area contributed by atoms with Crippen LogP contribution < -0.4 is 0 Å². The lowest BCUT2D eigenvalue weighted by Gasteiger charge is -2.16. The highest BCUT2D eigenvalue weighted by Crippen LogP contribution is 2.29. The van der Waals surface area contributed by atoms with Crippen molar-refractivity contribution in [3.05, 3.63) is 64.6 Å². The standard InChI is InChI=1S/C16H12O4/c1-9-6-7-10(20-9)8-13-14(17)11-4-2-3-5-12(11)15(18)16(13)19/h2-7,17H,8H2,1H3. The Labute approximate surface area is 115 Å². The Bertz CT molecular complexity index is 749. The normalized spacial score (nSPS) is 14.7. The lowest BCUT2D eigenvalue weighted by atomic mass is 9.87. The fraction of sp³-hybridized carbons (Fsp3) is 0.125. The van der Waals surface area contributed by atoms with E-state index in [-0.39, 0.29) is 23.3 Å². The van der Waals surface area contributed by atoms with Crippen LogP contribution in [0.5, 0.6) is 0 Å².